The van der Waals surface area contributed by atoms with Crippen LogP contribution in [0.15, 0.2) is 64.6 Å². The summed E-state index contributed by atoms with van der Waals surface area (Å²) in [5, 5.41) is 16.2. The van der Waals surface area contributed by atoms with Crippen molar-refractivity contribution in [1.29, 1.82) is 0 Å². The molecule has 11 heteroatoms. The summed E-state index contributed by atoms with van der Waals surface area (Å²) in [5.41, 5.74) is 7.12. The highest BCUT2D eigenvalue weighted by Gasteiger charge is 2.31. The molecule has 1 aliphatic heterocycles. The molecule has 1 saturated heterocycles. The normalized spacial score (nSPS) is 17.3. The summed E-state index contributed by atoms with van der Waals surface area (Å²) in [5.74, 6) is -0.0126. The summed E-state index contributed by atoms with van der Waals surface area (Å²) < 4.78 is 38.9. The number of rotatable bonds is 11. The Balaban J connectivity index is 1.86. The number of amides is 1. The van der Waals surface area contributed by atoms with Crippen LogP contribution < -0.4 is 11.1 Å². The zero-order chi connectivity index (χ0) is 26.1. The minimum atomic E-state index is -3.95. The van der Waals surface area contributed by atoms with Crippen molar-refractivity contribution in [3.05, 3.63) is 60.2 Å². The van der Waals surface area contributed by atoms with Crippen molar-refractivity contribution in [3.8, 4) is 0 Å². The number of benzene rings is 2. The summed E-state index contributed by atoms with van der Waals surface area (Å²) in [6, 6.07) is 14.4. The zero-order valence-corrected chi connectivity index (χ0v) is 21.4. The van der Waals surface area contributed by atoms with E-state index in [2.05, 4.69) is 10.5 Å². The fourth-order valence-electron chi connectivity index (χ4n) is 3.87. The van der Waals surface area contributed by atoms with Gasteiger partial charge in [0.05, 0.1) is 36.4 Å². The molecule has 1 amide bonds. The molecule has 2 aromatic carbocycles. The number of alkyl carbamates (subject to hydrolysis) is 1. The number of nitrogens with one attached hydrogen (secondary N) is 1. The highest BCUT2D eigenvalue weighted by Crippen LogP contribution is 2.20. The fraction of sp³-hybridized carbons (Fsp3) is 0.440. The highest BCUT2D eigenvalue weighted by molar-refractivity contribution is 7.89. The Hall–Kier alpha value is -3.15. The van der Waals surface area contributed by atoms with Crippen LogP contribution in [0.4, 0.5) is 10.5 Å². The molecule has 0 aliphatic carbocycles. The number of carbonyl (C=O) groups excluding carboxylic acids is 1. The molecule has 0 spiro atoms. The molecular weight excluding hydrogens is 484 g/mol. The van der Waals surface area contributed by atoms with Gasteiger partial charge in [-0.05, 0) is 42.2 Å². The second-order valence-corrected chi connectivity index (χ2v) is 11.1. The number of sulfonamides is 1. The number of hydrogen-bond donors (Lipinski definition) is 3. The Morgan fingerprint density at radius 1 is 1.22 bits per heavy atom. The predicted molar refractivity (Wildman–Crippen MR) is 136 cm³/mol. The lowest BCUT2D eigenvalue weighted by Crippen LogP contribution is -2.49. The second kappa shape index (κ2) is 12.7. The Kier molecular flexibility index (Phi) is 9.68. The van der Waals surface area contributed by atoms with Crippen LogP contribution in [-0.2, 0) is 25.9 Å². The lowest BCUT2D eigenvalue weighted by Gasteiger charge is -2.27. The van der Waals surface area contributed by atoms with E-state index in [9.17, 15) is 18.4 Å². The third-order valence-electron chi connectivity index (χ3n) is 5.69. The summed E-state index contributed by atoms with van der Waals surface area (Å²) in [7, 11) is -3.95. The Morgan fingerprint density at radius 3 is 2.50 bits per heavy atom. The van der Waals surface area contributed by atoms with Crippen molar-refractivity contribution < 1.29 is 27.9 Å². The average molecular weight is 519 g/mol. The molecule has 1 heterocycles. The van der Waals surface area contributed by atoms with Crippen LogP contribution in [0.5, 0.6) is 0 Å². The van der Waals surface area contributed by atoms with Crippen molar-refractivity contribution in [3.63, 3.8) is 0 Å². The third-order valence-corrected chi connectivity index (χ3v) is 7.52. The number of hydrogen-bond acceptors (Lipinski definition) is 8. The first kappa shape index (κ1) is 27.4. The predicted octanol–water partition coefficient (Wildman–Crippen LogP) is 2.87. The number of carbonyl (C=O) groups is 1. The lowest BCUT2D eigenvalue weighted by molar-refractivity contribution is 0.0821. The number of nitrogens with two attached hydrogens (primary N) is 1. The highest BCUT2D eigenvalue weighted by atomic mass is 32.2. The summed E-state index contributed by atoms with van der Waals surface area (Å²) in [4.78, 5) is 12.7. The number of ether oxygens (including phenoxy) is 2. The van der Waals surface area contributed by atoms with E-state index >= 15 is 0 Å². The van der Waals surface area contributed by atoms with E-state index in [1.54, 1.807) is 0 Å². The van der Waals surface area contributed by atoms with Crippen molar-refractivity contribution in [2.45, 2.75) is 43.7 Å². The standard InChI is InChI=1S/C25H34N4O6S/c1-18(2)15-29(36(32,33)22-10-8-20(26)9-11-22)16-24(28-31)23(14-19-6-4-3-5-7-19)27-25(30)35-21-12-13-34-17-21/h3-11,18,21,23,31H,12-17,26H2,1-2H3,(H,27,30)/b28-24-/t21-,23-/m0/s1. The van der Waals surface area contributed by atoms with Crippen molar-refractivity contribution in [1.82, 2.24) is 9.62 Å². The van der Waals surface area contributed by atoms with Gasteiger partial charge in [-0.3, -0.25) is 0 Å². The first-order valence-electron chi connectivity index (χ1n) is 11.8. The molecule has 10 nitrogen and oxygen atoms in total. The third kappa shape index (κ3) is 7.67. The molecule has 0 bridgehead atoms. The van der Waals surface area contributed by atoms with Crippen molar-refractivity contribution >= 4 is 27.5 Å². The fourth-order valence-corrected chi connectivity index (χ4v) is 5.45. The topological polar surface area (TPSA) is 144 Å². The smallest absolute Gasteiger partial charge is 0.408 e. The van der Waals surface area contributed by atoms with Gasteiger partial charge < -0.3 is 25.7 Å². The van der Waals surface area contributed by atoms with Crippen LogP contribution >= 0.6 is 0 Å². The molecule has 2 atom stereocenters. The van der Waals surface area contributed by atoms with Crippen LogP contribution in [-0.4, -0.2) is 68.2 Å². The Labute approximate surface area is 212 Å². The zero-order valence-electron chi connectivity index (χ0n) is 20.5. The molecule has 0 unspecified atom stereocenters. The second-order valence-electron chi connectivity index (χ2n) is 9.13. The summed E-state index contributed by atoms with van der Waals surface area (Å²) in [6.45, 7) is 4.56. The maximum absolute atomic E-state index is 13.5. The maximum Gasteiger partial charge on any atom is 0.408 e. The number of oxime groups is 1. The van der Waals surface area contributed by atoms with Crippen LogP contribution in [0.2, 0.25) is 0 Å². The minimum absolute atomic E-state index is 0.0126. The Morgan fingerprint density at radius 2 is 1.92 bits per heavy atom. The lowest BCUT2D eigenvalue weighted by atomic mass is 10.0. The molecule has 0 radical (unpaired) electrons. The van der Waals surface area contributed by atoms with E-state index in [1.165, 1.54) is 28.6 Å². The molecule has 1 fully saturated rings. The van der Waals surface area contributed by atoms with Gasteiger partial charge in [0.2, 0.25) is 10.0 Å². The van der Waals surface area contributed by atoms with E-state index in [1.807, 2.05) is 44.2 Å². The van der Waals surface area contributed by atoms with Crippen molar-refractivity contribution in [2.75, 3.05) is 32.0 Å². The van der Waals surface area contributed by atoms with Gasteiger partial charge in [0.15, 0.2) is 0 Å². The molecule has 3 rings (SSSR count). The van der Waals surface area contributed by atoms with Crippen molar-refractivity contribution in [2.24, 2.45) is 11.1 Å². The van der Waals surface area contributed by atoms with Crippen LogP contribution in [0, 0.1) is 5.92 Å². The number of nitrogen functional groups attached to an aromatic ring is 1. The van der Waals surface area contributed by atoms with Crippen LogP contribution in [0.3, 0.4) is 0 Å². The van der Waals surface area contributed by atoms with Gasteiger partial charge in [0, 0.05) is 18.7 Å². The Bertz CT molecular complexity index is 1120. The molecule has 196 valence electrons. The molecule has 2 aromatic rings. The first-order chi connectivity index (χ1) is 17.2. The van der Waals surface area contributed by atoms with Gasteiger partial charge in [-0.15, -0.1) is 0 Å². The molecule has 0 aromatic heterocycles. The monoisotopic (exact) mass is 518 g/mol. The largest absolute Gasteiger partial charge is 0.444 e. The molecular formula is C25H34N4O6S. The van der Waals surface area contributed by atoms with E-state index in [-0.39, 0.29) is 42.1 Å². The van der Waals surface area contributed by atoms with Gasteiger partial charge in [0.1, 0.15) is 6.10 Å². The summed E-state index contributed by atoms with van der Waals surface area (Å²) in [6.07, 6.45) is -0.183. The summed E-state index contributed by atoms with van der Waals surface area (Å²) >= 11 is 0. The van der Waals surface area contributed by atoms with Gasteiger partial charge in [0.25, 0.3) is 0 Å². The van der Waals surface area contributed by atoms with Crippen LogP contribution in [0.1, 0.15) is 25.8 Å². The van der Waals surface area contributed by atoms with Gasteiger partial charge in [-0.2, -0.15) is 4.31 Å². The number of anilines is 1. The molecule has 0 saturated carbocycles. The molecule has 1 aliphatic rings. The average Bonchev–Trinajstić information content (AvgIpc) is 3.35. The van der Waals surface area contributed by atoms with E-state index in [0.29, 0.717) is 25.3 Å². The van der Waals surface area contributed by atoms with Crippen LogP contribution in [0.25, 0.3) is 0 Å². The van der Waals surface area contributed by atoms with E-state index in [0.717, 1.165) is 5.56 Å². The van der Waals surface area contributed by atoms with Gasteiger partial charge >= 0.3 is 6.09 Å². The molecule has 36 heavy (non-hydrogen) atoms. The minimum Gasteiger partial charge on any atom is -0.444 e. The van der Waals surface area contributed by atoms with E-state index in [4.69, 9.17) is 15.2 Å². The first-order valence-corrected chi connectivity index (χ1v) is 13.3. The van der Waals surface area contributed by atoms with E-state index < -0.39 is 22.2 Å². The quantitative estimate of drug-likeness (QED) is 0.180. The van der Waals surface area contributed by atoms with Gasteiger partial charge in [-0.1, -0.05) is 49.3 Å². The number of nitrogens with zero attached hydrogens (tertiary/aromatic N) is 2. The molecule has 4 N–H and O–H groups in total. The maximum atomic E-state index is 13.5. The SMILES string of the molecule is CC(C)CN(C/C(=N/O)[C@H](Cc1ccccc1)NC(=O)O[C@H]1CCOC1)S(=O)(=O)c1ccc(N)cc1. The van der Waals surface area contributed by atoms with Gasteiger partial charge in [-0.25, -0.2) is 13.2 Å².